The van der Waals surface area contributed by atoms with Crippen molar-refractivity contribution in [2.75, 3.05) is 7.05 Å². The summed E-state index contributed by atoms with van der Waals surface area (Å²) in [5, 5.41) is 14.2. The van der Waals surface area contributed by atoms with Gasteiger partial charge in [0.15, 0.2) is 0 Å². The molecule has 0 atom stereocenters. The van der Waals surface area contributed by atoms with E-state index < -0.39 is 5.60 Å². The Balaban J connectivity index is 1.70. The lowest BCUT2D eigenvalue weighted by atomic mass is 9.76. The maximum absolute atomic E-state index is 10.8. The van der Waals surface area contributed by atoms with Crippen molar-refractivity contribution >= 4 is 0 Å². The van der Waals surface area contributed by atoms with Gasteiger partial charge >= 0.3 is 0 Å². The Labute approximate surface area is 116 Å². The highest BCUT2D eigenvalue weighted by Gasteiger charge is 2.34. The van der Waals surface area contributed by atoms with E-state index in [0.717, 1.165) is 37.2 Å². The molecule has 2 aliphatic rings. The van der Waals surface area contributed by atoms with Gasteiger partial charge in [0.2, 0.25) is 0 Å². The molecule has 0 saturated heterocycles. The Bertz CT molecular complexity index is 413. The zero-order chi connectivity index (χ0) is 13.3. The van der Waals surface area contributed by atoms with Crippen molar-refractivity contribution < 1.29 is 5.11 Å². The molecule has 1 aromatic carbocycles. The molecule has 0 radical (unpaired) electrons. The summed E-state index contributed by atoms with van der Waals surface area (Å²) < 4.78 is 0. The molecule has 2 aliphatic carbocycles. The van der Waals surface area contributed by atoms with E-state index in [4.69, 9.17) is 0 Å². The SMILES string of the molecule is CNC1CCC(O)(c2ccc(C3CCC3)cc2)CC1. The predicted molar refractivity (Wildman–Crippen MR) is 78.2 cm³/mol. The fourth-order valence-electron chi connectivity index (χ4n) is 3.48. The molecule has 2 saturated carbocycles. The summed E-state index contributed by atoms with van der Waals surface area (Å²) in [7, 11) is 2.02. The minimum atomic E-state index is -0.592. The maximum Gasteiger partial charge on any atom is 0.0897 e. The third-order valence-electron chi connectivity index (χ3n) is 5.25. The molecule has 0 heterocycles. The summed E-state index contributed by atoms with van der Waals surface area (Å²) in [6.45, 7) is 0. The van der Waals surface area contributed by atoms with Crippen LogP contribution in [0.2, 0.25) is 0 Å². The third kappa shape index (κ3) is 2.56. The summed E-state index contributed by atoms with van der Waals surface area (Å²) in [5.74, 6) is 0.781. The van der Waals surface area contributed by atoms with Crippen LogP contribution in [0.4, 0.5) is 0 Å². The molecule has 0 spiro atoms. The number of nitrogens with one attached hydrogen (secondary N) is 1. The fourth-order valence-corrected chi connectivity index (χ4v) is 3.48. The van der Waals surface area contributed by atoms with Gasteiger partial charge in [0.1, 0.15) is 0 Å². The first kappa shape index (κ1) is 13.1. The highest BCUT2D eigenvalue weighted by molar-refractivity contribution is 5.30. The average molecular weight is 259 g/mol. The number of hydrogen-bond donors (Lipinski definition) is 2. The van der Waals surface area contributed by atoms with Crippen LogP contribution < -0.4 is 5.32 Å². The third-order valence-corrected chi connectivity index (χ3v) is 5.25. The Morgan fingerprint density at radius 1 is 1.05 bits per heavy atom. The van der Waals surface area contributed by atoms with Gasteiger partial charge in [0, 0.05) is 6.04 Å². The number of benzene rings is 1. The molecule has 2 fully saturated rings. The average Bonchev–Trinajstić information content (AvgIpc) is 2.38. The lowest BCUT2D eigenvalue weighted by molar-refractivity contribution is -0.00765. The van der Waals surface area contributed by atoms with Crippen LogP contribution in [0, 0.1) is 0 Å². The van der Waals surface area contributed by atoms with Crippen LogP contribution in [-0.2, 0) is 5.60 Å². The molecule has 19 heavy (non-hydrogen) atoms. The van der Waals surface area contributed by atoms with Gasteiger partial charge in [-0.2, -0.15) is 0 Å². The van der Waals surface area contributed by atoms with Gasteiger partial charge < -0.3 is 10.4 Å². The highest BCUT2D eigenvalue weighted by atomic mass is 16.3. The smallest absolute Gasteiger partial charge is 0.0897 e. The molecule has 104 valence electrons. The first-order valence-corrected chi connectivity index (χ1v) is 7.71. The van der Waals surface area contributed by atoms with Crippen molar-refractivity contribution in [3.63, 3.8) is 0 Å². The lowest BCUT2D eigenvalue weighted by Crippen LogP contribution is -2.38. The molecule has 0 aliphatic heterocycles. The van der Waals surface area contributed by atoms with Gasteiger partial charge in [-0.25, -0.2) is 0 Å². The minimum absolute atomic E-state index is 0.578. The zero-order valence-corrected chi connectivity index (χ0v) is 11.9. The van der Waals surface area contributed by atoms with Gasteiger partial charge in [0.05, 0.1) is 5.60 Å². The number of hydrogen-bond acceptors (Lipinski definition) is 2. The van der Waals surface area contributed by atoms with Crippen LogP contribution >= 0.6 is 0 Å². The van der Waals surface area contributed by atoms with Crippen LogP contribution in [0.15, 0.2) is 24.3 Å². The van der Waals surface area contributed by atoms with Crippen LogP contribution in [0.1, 0.15) is 62.0 Å². The largest absolute Gasteiger partial charge is 0.385 e. The molecular formula is C17H25NO. The summed E-state index contributed by atoms with van der Waals surface area (Å²) in [4.78, 5) is 0. The number of aliphatic hydroxyl groups is 1. The fraction of sp³-hybridized carbons (Fsp3) is 0.647. The second kappa shape index (κ2) is 5.26. The minimum Gasteiger partial charge on any atom is -0.385 e. The quantitative estimate of drug-likeness (QED) is 0.873. The molecule has 2 nitrogen and oxygen atoms in total. The van der Waals surface area contributed by atoms with E-state index in [1.807, 2.05) is 7.05 Å². The van der Waals surface area contributed by atoms with Crippen molar-refractivity contribution in [1.82, 2.24) is 5.32 Å². The number of rotatable bonds is 3. The summed E-state index contributed by atoms with van der Waals surface area (Å²) >= 11 is 0. The van der Waals surface area contributed by atoms with E-state index in [2.05, 4.69) is 29.6 Å². The highest BCUT2D eigenvalue weighted by Crippen LogP contribution is 2.40. The molecule has 0 bridgehead atoms. The molecule has 0 aromatic heterocycles. The van der Waals surface area contributed by atoms with Gasteiger partial charge in [-0.3, -0.25) is 0 Å². The van der Waals surface area contributed by atoms with E-state index in [9.17, 15) is 5.11 Å². The molecule has 2 N–H and O–H groups in total. The van der Waals surface area contributed by atoms with Gasteiger partial charge in [-0.05, 0) is 62.6 Å². The summed E-state index contributed by atoms with van der Waals surface area (Å²) in [6.07, 6.45) is 7.94. The molecule has 0 unspecified atom stereocenters. The molecule has 0 amide bonds. The van der Waals surface area contributed by atoms with Crippen molar-refractivity contribution in [1.29, 1.82) is 0 Å². The van der Waals surface area contributed by atoms with Gasteiger partial charge in [-0.1, -0.05) is 30.7 Å². The van der Waals surface area contributed by atoms with E-state index in [1.165, 1.54) is 24.8 Å². The van der Waals surface area contributed by atoms with Crippen LogP contribution in [-0.4, -0.2) is 18.2 Å². The summed E-state index contributed by atoms with van der Waals surface area (Å²) in [6, 6.07) is 9.37. The van der Waals surface area contributed by atoms with E-state index in [-0.39, 0.29) is 0 Å². The molecule has 2 heteroatoms. The van der Waals surface area contributed by atoms with E-state index in [1.54, 1.807) is 0 Å². The Hall–Kier alpha value is -0.860. The van der Waals surface area contributed by atoms with Crippen LogP contribution in [0.3, 0.4) is 0 Å². The van der Waals surface area contributed by atoms with E-state index in [0.29, 0.717) is 6.04 Å². The zero-order valence-electron chi connectivity index (χ0n) is 11.9. The maximum atomic E-state index is 10.8. The van der Waals surface area contributed by atoms with Gasteiger partial charge in [0.25, 0.3) is 0 Å². The Morgan fingerprint density at radius 2 is 1.68 bits per heavy atom. The topological polar surface area (TPSA) is 32.3 Å². The van der Waals surface area contributed by atoms with Crippen molar-refractivity contribution in [2.45, 2.75) is 62.5 Å². The van der Waals surface area contributed by atoms with E-state index >= 15 is 0 Å². The molecular weight excluding hydrogens is 234 g/mol. The lowest BCUT2D eigenvalue weighted by Gasteiger charge is -2.36. The monoisotopic (exact) mass is 259 g/mol. The first-order chi connectivity index (χ1) is 9.21. The summed E-state index contributed by atoms with van der Waals surface area (Å²) in [5.41, 5.74) is 1.98. The first-order valence-electron chi connectivity index (χ1n) is 7.71. The normalized spacial score (nSPS) is 32.0. The van der Waals surface area contributed by atoms with Crippen molar-refractivity contribution in [3.05, 3.63) is 35.4 Å². The van der Waals surface area contributed by atoms with Crippen molar-refractivity contribution in [3.8, 4) is 0 Å². The second-order valence-corrected chi connectivity index (χ2v) is 6.34. The Kier molecular flexibility index (Phi) is 3.64. The predicted octanol–water partition coefficient (Wildman–Crippen LogP) is 3.30. The van der Waals surface area contributed by atoms with Crippen LogP contribution in [0.5, 0.6) is 0 Å². The van der Waals surface area contributed by atoms with Crippen LogP contribution in [0.25, 0.3) is 0 Å². The van der Waals surface area contributed by atoms with Gasteiger partial charge in [-0.15, -0.1) is 0 Å². The second-order valence-electron chi connectivity index (χ2n) is 6.34. The standard InChI is InChI=1S/C17H25NO/c1-18-16-9-11-17(19,12-10-16)15-7-5-14(6-8-15)13-3-2-4-13/h5-8,13,16,18-19H,2-4,9-12H2,1H3. The molecule has 3 rings (SSSR count). The molecule has 1 aromatic rings. The Morgan fingerprint density at radius 3 is 2.16 bits per heavy atom. The van der Waals surface area contributed by atoms with Crippen molar-refractivity contribution in [2.24, 2.45) is 0 Å².